The van der Waals surface area contributed by atoms with Gasteiger partial charge in [-0.1, -0.05) is 6.07 Å². The number of nitrogens with zero attached hydrogens (tertiary/aromatic N) is 2. The normalized spacial score (nSPS) is 23.7. The van der Waals surface area contributed by atoms with E-state index in [1.807, 2.05) is 10.8 Å². The monoisotopic (exact) mass is 381 g/mol. The zero-order chi connectivity index (χ0) is 18.8. The van der Waals surface area contributed by atoms with Crippen molar-refractivity contribution < 1.29 is 14.3 Å². The Hall–Kier alpha value is -2.69. The van der Waals surface area contributed by atoms with Crippen molar-refractivity contribution in [1.29, 1.82) is 5.26 Å². The second-order valence-electron chi connectivity index (χ2n) is 6.92. The number of benzene rings is 1. The van der Waals surface area contributed by atoms with Crippen molar-refractivity contribution in [3.8, 4) is 6.07 Å². The Labute approximate surface area is 161 Å². The number of nitriles is 1. The van der Waals surface area contributed by atoms with Gasteiger partial charge in [-0.15, -0.1) is 0 Å². The summed E-state index contributed by atoms with van der Waals surface area (Å²) >= 11 is 1.50. The van der Waals surface area contributed by atoms with Gasteiger partial charge in [-0.2, -0.15) is 16.6 Å². The van der Waals surface area contributed by atoms with Crippen molar-refractivity contribution in [2.75, 3.05) is 26.2 Å². The van der Waals surface area contributed by atoms with Gasteiger partial charge in [0.1, 0.15) is 0 Å². The molecule has 3 atom stereocenters. The molecule has 0 saturated carbocycles. The van der Waals surface area contributed by atoms with E-state index in [2.05, 4.69) is 11.4 Å². The fraction of sp³-hybridized carbons (Fsp3) is 0.350. The molecule has 0 aliphatic carbocycles. The first kappa shape index (κ1) is 17.7. The number of nitrogens with one attached hydrogen (secondary N) is 1. The fourth-order valence-corrected chi connectivity index (χ4v) is 4.43. The molecule has 1 N–H and O–H groups in total. The van der Waals surface area contributed by atoms with Crippen LogP contribution in [0.3, 0.4) is 0 Å². The highest BCUT2D eigenvalue weighted by molar-refractivity contribution is 7.08. The first-order valence-electron chi connectivity index (χ1n) is 8.87. The van der Waals surface area contributed by atoms with E-state index >= 15 is 0 Å². The summed E-state index contributed by atoms with van der Waals surface area (Å²) in [7, 11) is 0. The van der Waals surface area contributed by atoms with E-state index in [9.17, 15) is 9.59 Å². The minimum absolute atomic E-state index is 0.0103. The van der Waals surface area contributed by atoms with Crippen molar-refractivity contribution in [2.45, 2.75) is 6.10 Å². The Morgan fingerprint density at radius 2 is 2.19 bits per heavy atom. The predicted octanol–water partition coefficient (Wildman–Crippen LogP) is 2.14. The maximum Gasteiger partial charge on any atom is 0.253 e. The lowest BCUT2D eigenvalue weighted by molar-refractivity contribution is 0.0674. The number of thiophene rings is 1. The minimum atomic E-state index is -0.0776. The third-order valence-electron chi connectivity index (χ3n) is 5.27. The highest BCUT2D eigenvalue weighted by atomic mass is 32.1. The summed E-state index contributed by atoms with van der Waals surface area (Å²) in [5.74, 6) is 0.266. The van der Waals surface area contributed by atoms with Crippen molar-refractivity contribution in [2.24, 2.45) is 11.8 Å². The summed E-state index contributed by atoms with van der Waals surface area (Å²) < 4.78 is 5.88. The molecule has 2 aliphatic heterocycles. The van der Waals surface area contributed by atoms with Crippen LogP contribution < -0.4 is 5.32 Å². The first-order chi connectivity index (χ1) is 13.2. The van der Waals surface area contributed by atoms with Gasteiger partial charge >= 0.3 is 0 Å². The number of fused-ring (bicyclic) bond motifs is 1. The SMILES string of the molecule is N#Cc1cccc(C(=O)N2C[C@@H]3[C@H](CNC(=O)c4ccsc4)CO[C@@H]3C2)c1. The molecule has 3 heterocycles. The van der Waals surface area contributed by atoms with Gasteiger partial charge in [0.2, 0.25) is 0 Å². The number of amides is 2. The summed E-state index contributed by atoms with van der Waals surface area (Å²) in [6, 6.07) is 10.6. The molecule has 2 aromatic rings. The quantitative estimate of drug-likeness (QED) is 0.880. The Kier molecular flexibility index (Phi) is 4.92. The van der Waals surface area contributed by atoms with Crippen LogP contribution in [0.4, 0.5) is 0 Å². The molecule has 1 aromatic heterocycles. The number of hydrogen-bond acceptors (Lipinski definition) is 5. The summed E-state index contributed by atoms with van der Waals surface area (Å²) in [4.78, 5) is 26.7. The van der Waals surface area contributed by atoms with Crippen LogP contribution in [-0.2, 0) is 4.74 Å². The molecule has 1 aromatic carbocycles. The van der Waals surface area contributed by atoms with Gasteiger partial charge in [0.25, 0.3) is 11.8 Å². The summed E-state index contributed by atoms with van der Waals surface area (Å²) in [5.41, 5.74) is 1.68. The topological polar surface area (TPSA) is 82.4 Å². The number of carbonyl (C=O) groups excluding carboxylic acids is 2. The van der Waals surface area contributed by atoms with E-state index in [1.165, 1.54) is 11.3 Å². The molecular weight excluding hydrogens is 362 g/mol. The van der Waals surface area contributed by atoms with Crippen LogP contribution in [0.15, 0.2) is 41.1 Å². The molecule has 2 aliphatic rings. The second kappa shape index (κ2) is 7.51. The van der Waals surface area contributed by atoms with Gasteiger partial charge in [-0.05, 0) is 29.6 Å². The van der Waals surface area contributed by atoms with Crippen LogP contribution in [0.1, 0.15) is 26.3 Å². The van der Waals surface area contributed by atoms with Crippen LogP contribution >= 0.6 is 11.3 Å². The molecule has 2 fully saturated rings. The second-order valence-corrected chi connectivity index (χ2v) is 7.70. The van der Waals surface area contributed by atoms with Gasteiger partial charge in [0, 0.05) is 48.0 Å². The van der Waals surface area contributed by atoms with Crippen LogP contribution in [0.2, 0.25) is 0 Å². The zero-order valence-corrected chi connectivity index (χ0v) is 15.4. The predicted molar refractivity (Wildman–Crippen MR) is 100 cm³/mol. The van der Waals surface area contributed by atoms with Gasteiger partial charge < -0.3 is 15.0 Å². The summed E-state index contributed by atoms with van der Waals surface area (Å²) in [6.07, 6.45) is 0.0103. The molecule has 27 heavy (non-hydrogen) atoms. The van der Waals surface area contributed by atoms with Crippen molar-refractivity contribution >= 4 is 23.2 Å². The Bertz CT molecular complexity index is 890. The number of likely N-dealkylation sites (tertiary alicyclic amines) is 1. The first-order valence-corrected chi connectivity index (χ1v) is 9.81. The summed E-state index contributed by atoms with van der Waals surface area (Å²) in [6.45, 7) is 2.31. The average Bonchev–Trinajstić information content (AvgIpc) is 3.43. The van der Waals surface area contributed by atoms with Crippen molar-refractivity contribution in [3.05, 3.63) is 57.8 Å². The lowest BCUT2D eigenvalue weighted by atomic mass is 9.93. The molecule has 0 bridgehead atoms. The zero-order valence-electron chi connectivity index (χ0n) is 14.6. The minimum Gasteiger partial charge on any atom is -0.376 e. The van der Waals surface area contributed by atoms with E-state index in [0.29, 0.717) is 42.9 Å². The molecule has 138 valence electrons. The Balaban J connectivity index is 1.37. The standard InChI is InChI=1S/C20H19N3O3S/c21-7-13-2-1-3-14(6-13)20(25)23-9-17-16(11-26-18(17)10-23)8-22-19(24)15-4-5-27-12-15/h1-6,12,16-18H,8-11H2,(H,22,24)/t16-,17-,18-/m1/s1. The van der Waals surface area contributed by atoms with Crippen molar-refractivity contribution in [1.82, 2.24) is 10.2 Å². The highest BCUT2D eigenvalue weighted by Gasteiger charge is 2.45. The number of ether oxygens (including phenoxy) is 1. The van der Waals surface area contributed by atoms with Crippen LogP contribution in [0, 0.1) is 23.2 Å². The molecule has 0 radical (unpaired) electrons. The molecule has 6 nitrogen and oxygen atoms in total. The highest BCUT2D eigenvalue weighted by Crippen LogP contribution is 2.34. The maximum absolute atomic E-state index is 12.8. The molecule has 0 unspecified atom stereocenters. The lowest BCUT2D eigenvalue weighted by Gasteiger charge is -2.20. The molecule has 7 heteroatoms. The molecule has 4 rings (SSSR count). The van der Waals surface area contributed by atoms with Gasteiger partial charge in [0.05, 0.1) is 24.3 Å². The van der Waals surface area contributed by atoms with Gasteiger partial charge in [0.15, 0.2) is 0 Å². The molecular formula is C20H19N3O3S. The lowest BCUT2D eigenvalue weighted by Crippen LogP contribution is -2.35. The van der Waals surface area contributed by atoms with Crippen LogP contribution in [0.25, 0.3) is 0 Å². The van der Waals surface area contributed by atoms with Gasteiger partial charge in [-0.25, -0.2) is 0 Å². The molecule has 2 amide bonds. The Morgan fingerprint density at radius 1 is 1.30 bits per heavy atom. The third-order valence-corrected chi connectivity index (χ3v) is 5.96. The van der Waals surface area contributed by atoms with Crippen LogP contribution in [-0.4, -0.2) is 49.1 Å². The van der Waals surface area contributed by atoms with E-state index < -0.39 is 0 Å². The largest absolute Gasteiger partial charge is 0.376 e. The van der Waals surface area contributed by atoms with Gasteiger partial charge in [-0.3, -0.25) is 9.59 Å². The Morgan fingerprint density at radius 3 is 2.96 bits per heavy atom. The number of hydrogen-bond donors (Lipinski definition) is 1. The average molecular weight is 381 g/mol. The smallest absolute Gasteiger partial charge is 0.253 e. The number of rotatable bonds is 4. The number of carbonyl (C=O) groups is 2. The fourth-order valence-electron chi connectivity index (χ4n) is 3.80. The van der Waals surface area contributed by atoms with E-state index in [0.717, 1.165) is 0 Å². The maximum atomic E-state index is 12.8. The van der Waals surface area contributed by atoms with E-state index in [1.54, 1.807) is 35.2 Å². The third kappa shape index (κ3) is 3.59. The summed E-state index contributed by atoms with van der Waals surface area (Å²) in [5, 5.41) is 15.7. The van der Waals surface area contributed by atoms with Crippen LogP contribution in [0.5, 0.6) is 0 Å². The van der Waals surface area contributed by atoms with E-state index in [-0.39, 0.29) is 29.8 Å². The molecule has 2 saturated heterocycles. The molecule has 0 spiro atoms. The van der Waals surface area contributed by atoms with E-state index in [4.69, 9.17) is 10.00 Å². The van der Waals surface area contributed by atoms with Crippen molar-refractivity contribution in [3.63, 3.8) is 0 Å².